The first-order chi connectivity index (χ1) is 17.1. The summed E-state index contributed by atoms with van der Waals surface area (Å²) in [6.07, 6.45) is 4.21. The molecule has 0 unspecified atom stereocenters. The van der Waals surface area contributed by atoms with E-state index in [0.717, 1.165) is 30.0 Å². The number of benzene rings is 1. The van der Waals surface area contributed by atoms with Gasteiger partial charge in [0, 0.05) is 29.6 Å². The minimum absolute atomic E-state index is 0.0288. The molecule has 36 heavy (non-hydrogen) atoms. The Labute approximate surface area is 210 Å². The largest absolute Gasteiger partial charge is 0.469 e. The van der Waals surface area contributed by atoms with Crippen molar-refractivity contribution < 1.29 is 22.5 Å². The molecule has 0 bridgehead atoms. The Morgan fingerprint density at radius 3 is 2.69 bits per heavy atom. The zero-order valence-corrected chi connectivity index (χ0v) is 21.6. The van der Waals surface area contributed by atoms with Crippen molar-refractivity contribution >= 4 is 47.8 Å². The number of aliphatic hydroxyl groups is 1. The fourth-order valence-corrected chi connectivity index (χ4v) is 7.55. The van der Waals surface area contributed by atoms with Gasteiger partial charge in [0.05, 0.1) is 33.7 Å². The van der Waals surface area contributed by atoms with Crippen LogP contribution in [0.2, 0.25) is 0 Å². The number of aromatic nitrogens is 3. The summed E-state index contributed by atoms with van der Waals surface area (Å²) in [6.45, 7) is 1.92. The van der Waals surface area contributed by atoms with Crippen molar-refractivity contribution in [2.45, 2.75) is 32.0 Å². The first kappa shape index (κ1) is 24.8. The van der Waals surface area contributed by atoms with Crippen LogP contribution < -0.4 is 10.1 Å². The maximum Gasteiger partial charge on any atom is 0.238 e. The monoisotopic (exact) mass is 532 g/mol. The molecule has 13 heteroatoms. The first-order valence-electron chi connectivity index (χ1n) is 11.6. The molecular formula is C23H28N6O5S2. The van der Waals surface area contributed by atoms with Gasteiger partial charge in [-0.15, -0.1) is 0 Å². The van der Waals surface area contributed by atoms with Crippen LogP contribution in [-0.4, -0.2) is 80.0 Å². The van der Waals surface area contributed by atoms with E-state index in [2.05, 4.69) is 24.6 Å². The molecule has 0 aliphatic carbocycles. The van der Waals surface area contributed by atoms with Gasteiger partial charge in [-0.25, -0.2) is 27.6 Å². The van der Waals surface area contributed by atoms with Gasteiger partial charge in [-0.3, -0.25) is 0 Å². The number of sulfonamides is 1. The second-order valence-electron chi connectivity index (χ2n) is 9.14. The van der Waals surface area contributed by atoms with Crippen LogP contribution in [0.3, 0.4) is 0 Å². The molecule has 0 saturated carbocycles. The van der Waals surface area contributed by atoms with Crippen LogP contribution in [0.25, 0.3) is 10.9 Å². The van der Waals surface area contributed by atoms with Crippen LogP contribution in [0.4, 0.5) is 17.2 Å². The maximum absolute atomic E-state index is 12.9. The number of hydrogen-bond acceptors (Lipinski definition) is 10. The van der Waals surface area contributed by atoms with Gasteiger partial charge in [0.1, 0.15) is 30.0 Å². The molecule has 3 aromatic rings. The van der Waals surface area contributed by atoms with Gasteiger partial charge >= 0.3 is 0 Å². The highest BCUT2D eigenvalue weighted by Gasteiger charge is 2.38. The van der Waals surface area contributed by atoms with Crippen molar-refractivity contribution in [3.63, 3.8) is 0 Å². The highest BCUT2D eigenvalue weighted by Crippen LogP contribution is 2.34. The Morgan fingerprint density at radius 1 is 1.19 bits per heavy atom. The normalized spacial score (nSPS) is 22.1. The quantitative estimate of drug-likeness (QED) is 0.488. The summed E-state index contributed by atoms with van der Waals surface area (Å²) in [5.41, 5.74) is 2.68. The number of β-amino-alcohol motifs (C(OH)–C–C–N with tert-alkyl or cyclic N) is 1. The molecular weight excluding hydrogens is 504 g/mol. The number of hydrogen-bond donors (Lipinski definition) is 2. The van der Waals surface area contributed by atoms with Gasteiger partial charge in [-0.2, -0.15) is 8.67 Å². The van der Waals surface area contributed by atoms with Crippen LogP contribution in [0.15, 0.2) is 41.2 Å². The van der Waals surface area contributed by atoms with Gasteiger partial charge in [0.25, 0.3) is 0 Å². The zero-order valence-electron chi connectivity index (χ0n) is 20.0. The second kappa shape index (κ2) is 9.54. The Morgan fingerprint density at radius 2 is 1.97 bits per heavy atom. The van der Waals surface area contributed by atoms with E-state index in [1.54, 1.807) is 18.3 Å². The third-order valence-corrected chi connectivity index (χ3v) is 9.96. The minimum Gasteiger partial charge on any atom is -0.469 e. The Kier molecular flexibility index (Phi) is 6.57. The molecule has 0 radical (unpaired) electrons. The van der Waals surface area contributed by atoms with Crippen LogP contribution >= 0.6 is 0 Å². The fraction of sp³-hybridized carbons (Fsp3) is 0.435. The van der Waals surface area contributed by atoms with E-state index in [9.17, 15) is 17.7 Å². The molecule has 2 aliphatic rings. The topological polar surface area (TPSA) is 147 Å². The van der Waals surface area contributed by atoms with E-state index in [-0.39, 0.29) is 19.0 Å². The summed E-state index contributed by atoms with van der Waals surface area (Å²) in [7, 11) is -5.66. The van der Waals surface area contributed by atoms with Crippen LogP contribution in [0.5, 0.6) is 5.88 Å². The molecule has 11 nitrogen and oxygen atoms in total. The highest BCUT2D eigenvalue weighted by molar-refractivity contribution is 7.93. The van der Waals surface area contributed by atoms with Crippen LogP contribution in [0.1, 0.15) is 18.4 Å². The molecule has 4 heterocycles. The lowest BCUT2D eigenvalue weighted by molar-refractivity contribution is 0.0712. The average Bonchev–Trinajstić information content (AvgIpc) is 3.40. The molecule has 2 fully saturated rings. The fourth-order valence-electron chi connectivity index (χ4n) is 4.52. The summed E-state index contributed by atoms with van der Waals surface area (Å²) in [6, 6.07) is 7.19. The van der Waals surface area contributed by atoms with Gasteiger partial charge in [-0.05, 0) is 49.6 Å². The summed E-state index contributed by atoms with van der Waals surface area (Å²) in [4.78, 5) is 13.1. The molecule has 1 aromatic carbocycles. The molecule has 2 atom stereocenters. The standard InChI is InChI=1S/C23H28N6O5S2/c1-15-10-16(28-36(33)8-3-4-9-36)11-18-21(15)22(26-14-25-18)27-17-6-5-7-24-23(17)34-20-13-29(12-19(20)30)35(2,31)32/h5-7,10-11,14,19-20,30H,3-4,8-9,12-13H2,1-2H3,(H,25,26,27)/t19-,20-/m1/s1. The number of aryl methyl sites for hydroxylation is 1. The van der Waals surface area contributed by atoms with Crippen molar-refractivity contribution in [2.24, 2.45) is 4.36 Å². The Hall–Kier alpha value is -2.87. The number of nitrogens with one attached hydrogen (secondary N) is 1. The number of aliphatic hydroxyl groups excluding tert-OH is 1. The average molecular weight is 533 g/mol. The molecule has 5 rings (SSSR count). The third-order valence-electron chi connectivity index (χ3n) is 6.33. The van der Waals surface area contributed by atoms with Gasteiger partial charge in [0.15, 0.2) is 0 Å². The van der Waals surface area contributed by atoms with E-state index < -0.39 is 32.0 Å². The number of fused-ring (bicyclic) bond motifs is 1. The van der Waals surface area contributed by atoms with Crippen molar-refractivity contribution in [3.8, 4) is 5.88 Å². The van der Waals surface area contributed by atoms with Gasteiger partial charge in [-0.1, -0.05) is 0 Å². The maximum atomic E-state index is 12.9. The third kappa shape index (κ3) is 5.14. The molecule has 0 amide bonds. The van der Waals surface area contributed by atoms with Crippen molar-refractivity contribution in [1.82, 2.24) is 19.3 Å². The zero-order chi connectivity index (χ0) is 25.5. The summed E-state index contributed by atoms with van der Waals surface area (Å²) < 4.78 is 48.3. The molecule has 0 spiro atoms. The van der Waals surface area contributed by atoms with Gasteiger partial charge < -0.3 is 15.2 Å². The molecule has 2 saturated heterocycles. The van der Waals surface area contributed by atoms with E-state index in [4.69, 9.17) is 4.74 Å². The van der Waals surface area contributed by atoms with E-state index >= 15 is 0 Å². The van der Waals surface area contributed by atoms with Crippen LogP contribution in [0, 0.1) is 6.92 Å². The van der Waals surface area contributed by atoms with Crippen LogP contribution in [-0.2, 0) is 19.8 Å². The number of pyridine rings is 1. The lowest BCUT2D eigenvalue weighted by atomic mass is 10.1. The second-order valence-corrected chi connectivity index (χ2v) is 13.7. The van der Waals surface area contributed by atoms with E-state index in [0.29, 0.717) is 34.2 Å². The van der Waals surface area contributed by atoms with Crippen molar-refractivity contribution in [3.05, 3.63) is 42.4 Å². The molecule has 2 aliphatic heterocycles. The number of anilines is 2. The Bertz CT molecular complexity index is 1530. The summed E-state index contributed by atoms with van der Waals surface area (Å²) >= 11 is 0. The SMILES string of the molecule is Cc1cc(N=S2(=O)CCCC2)cc2ncnc(Nc3cccnc3O[C@@H]3CN(S(C)(=O)=O)C[C@H]3O)c12. The number of rotatable bonds is 6. The highest BCUT2D eigenvalue weighted by atomic mass is 32.2. The first-order valence-corrected chi connectivity index (χ1v) is 15.3. The number of nitrogens with zero attached hydrogens (tertiary/aromatic N) is 5. The minimum atomic E-state index is -3.45. The summed E-state index contributed by atoms with van der Waals surface area (Å²) in [5.74, 6) is 1.99. The number of ether oxygens (including phenoxy) is 1. The van der Waals surface area contributed by atoms with Crippen molar-refractivity contribution in [1.29, 1.82) is 0 Å². The smallest absolute Gasteiger partial charge is 0.238 e. The lowest BCUT2D eigenvalue weighted by Crippen LogP contribution is -2.31. The van der Waals surface area contributed by atoms with E-state index in [1.165, 1.54) is 10.6 Å². The summed E-state index contributed by atoms with van der Waals surface area (Å²) in [5, 5.41) is 14.4. The van der Waals surface area contributed by atoms with E-state index in [1.807, 2.05) is 19.1 Å². The predicted molar refractivity (Wildman–Crippen MR) is 138 cm³/mol. The van der Waals surface area contributed by atoms with Gasteiger partial charge in [0.2, 0.25) is 15.9 Å². The lowest BCUT2D eigenvalue weighted by Gasteiger charge is -2.19. The molecule has 2 aromatic heterocycles. The Balaban J connectivity index is 1.44. The molecule has 2 N–H and O–H groups in total. The molecule has 192 valence electrons. The van der Waals surface area contributed by atoms with Crippen molar-refractivity contribution in [2.75, 3.05) is 36.2 Å². The predicted octanol–water partition coefficient (Wildman–Crippen LogP) is 2.35.